The lowest BCUT2D eigenvalue weighted by Gasteiger charge is -2.08. The van der Waals surface area contributed by atoms with E-state index in [4.69, 9.17) is 13.9 Å². The van der Waals surface area contributed by atoms with Crippen molar-refractivity contribution < 1.29 is 18.7 Å². The number of hydrogen-bond donors (Lipinski definition) is 0. The third-order valence-electron chi connectivity index (χ3n) is 3.17. The number of rotatable bonds is 6. The second-order valence-electron chi connectivity index (χ2n) is 4.71. The fourth-order valence-corrected chi connectivity index (χ4v) is 2.69. The molecular weight excluding hydrogens is 314 g/mol. The number of thioether (sulfide) groups is 1. The molecule has 0 radical (unpaired) electrons. The molecule has 3 rings (SSSR count). The van der Waals surface area contributed by atoms with Crippen molar-refractivity contribution >= 4 is 28.8 Å². The number of carbonyl (C=O) groups is 1. The van der Waals surface area contributed by atoms with E-state index in [1.54, 1.807) is 7.11 Å². The van der Waals surface area contributed by atoms with Crippen LogP contribution in [0.3, 0.4) is 0 Å². The Morgan fingerprint density at radius 3 is 2.78 bits per heavy atom. The minimum Gasteiger partial charge on any atom is -0.496 e. The van der Waals surface area contributed by atoms with Crippen molar-refractivity contribution in [2.45, 2.75) is 11.8 Å². The number of esters is 1. The van der Waals surface area contributed by atoms with Crippen molar-refractivity contribution in [3.05, 3.63) is 54.1 Å². The second kappa shape index (κ2) is 7.19. The normalized spacial score (nSPS) is 10.7. The molecule has 0 aliphatic heterocycles. The minimum absolute atomic E-state index is 0.141. The van der Waals surface area contributed by atoms with Gasteiger partial charge >= 0.3 is 5.97 Å². The molecule has 0 unspecified atom stereocenters. The molecule has 2 aromatic carbocycles. The number of carbonyl (C=O) groups excluding carboxylic acids is 1. The first-order valence-electron chi connectivity index (χ1n) is 7.02. The van der Waals surface area contributed by atoms with Gasteiger partial charge in [-0.3, -0.25) is 4.79 Å². The van der Waals surface area contributed by atoms with Gasteiger partial charge in [0.05, 0.1) is 7.11 Å². The quantitative estimate of drug-likeness (QED) is 0.508. The number of oxazole rings is 1. The number of benzene rings is 2. The van der Waals surface area contributed by atoms with Crippen molar-refractivity contribution in [1.82, 2.24) is 4.98 Å². The second-order valence-corrected chi connectivity index (χ2v) is 5.64. The summed E-state index contributed by atoms with van der Waals surface area (Å²) in [6, 6.07) is 14.9. The van der Waals surface area contributed by atoms with Gasteiger partial charge in [-0.25, -0.2) is 4.98 Å². The largest absolute Gasteiger partial charge is 0.496 e. The van der Waals surface area contributed by atoms with Crippen LogP contribution in [0, 0.1) is 0 Å². The summed E-state index contributed by atoms with van der Waals surface area (Å²) in [5.74, 6) is 0.511. The fraction of sp³-hybridized carbons (Fsp3) is 0.176. The molecule has 1 heterocycles. The van der Waals surface area contributed by atoms with Gasteiger partial charge < -0.3 is 13.9 Å². The van der Waals surface area contributed by atoms with Crippen LogP contribution >= 0.6 is 11.8 Å². The van der Waals surface area contributed by atoms with Crippen LogP contribution in [0.1, 0.15) is 5.56 Å². The lowest BCUT2D eigenvalue weighted by Crippen LogP contribution is -2.07. The zero-order chi connectivity index (χ0) is 16.1. The zero-order valence-corrected chi connectivity index (χ0v) is 13.3. The Bertz CT molecular complexity index is 782. The van der Waals surface area contributed by atoms with Crippen LogP contribution in [-0.4, -0.2) is 23.8 Å². The van der Waals surface area contributed by atoms with E-state index in [1.807, 2.05) is 48.5 Å². The summed E-state index contributed by atoms with van der Waals surface area (Å²) in [7, 11) is 1.59. The molecule has 6 heteroatoms. The van der Waals surface area contributed by atoms with Gasteiger partial charge in [0.25, 0.3) is 5.22 Å². The first kappa shape index (κ1) is 15.4. The molecular formula is C17H15NO4S. The van der Waals surface area contributed by atoms with Crippen molar-refractivity contribution in [1.29, 1.82) is 0 Å². The van der Waals surface area contributed by atoms with Crippen molar-refractivity contribution in [3.8, 4) is 5.75 Å². The maximum atomic E-state index is 11.9. The molecule has 0 amide bonds. The van der Waals surface area contributed by atoms with Crippen molar-refractivity contribution in [2.75, 3.05) is 12.9 Å². The molecule has 0 saturated heterocycles. The lowest BCUT2D eigenvalue weighted by molar-refractivity contribution is -0.141. The summed E-state index contributed by atoms with van der Waals surface area (Å²) in [6.07, 6.45) is 0. The summed E-state index contributed by atoms with van der Waals surface area (Å²) in [5.41, 5.74) is 2.31. The first-order chi connectivity index (χ1) is 11.3. The molecule has 0 bridgehead atoms. The number of aromatic nitrogens is 1. The van der Waals surface area contributed by atoms with E-state index in [-0.39, 0.29) is 18.3 Å². The summed E-state index contributed by atoms with van der Waals surface area (Å²) >= 11 is 1.22. The number of para-hydroxylation sites is 3. The van der Waals surface area contributed by atoms with Crippen LogP contribution < -0.4 is 4.74 Å². The highest BCUT2D eigenvalue weighted by molar-refractivity contribution is 7.99. The smallest absolute Gasteiger partial charge is 0.316 e. The number of ether oxygens (including phenoxy) is 2. The molecule has 3 aromatic rings. The van der Waals surface area contributed by atoms with Crippen LogP contribution in [0.5, 0.6) is 5.75 Å². The Morgan fingerprint density at radius 1 is 1.17 bits per heavy atom. The summed E-state index contributed by atoms with van der Waals surface area (Å²) in [4.78, 5) is 16.2. The minimum atomic E-state index is -0.330. The molecule has 0 fully saturated rings. The Kier molecular flexibility index (Phi) is 4.83. The number of fused-ring (bicyclic) bond motifs is 1. The van der Waals surface area contributed by atoms with Crippen LogP contribution in [0.2, 0.25) is 0 Å². The van der Waals surface area contributed by atoms with E-state index in [1.165, 1.54) is 11.8 Å². The molecule has 5 nitrogen and oxygen atoms in total. The molecule has 118 valence electrons. The summed E-state index contributed by atoms with van der Waals surface area (Å²) < 4.78 is 16.0. The van der Waals surface area contributed by atoms with Crippen LogP contribution in [0.25, 0.3) is 11.1 Å². The average molecular weight is 329 g/mol. The number of hydrogen-bond acceptors (Lipinski definition) is 6. The Morgan fingerprint density at radius 2 is 1.96 bits per heavy atom. The lowest BCUT2D eigenvalue weighted by atomic mass is 10.2. The van der Waals surface area contributed by atoms with Crippen molar-refractivity contribution in [2.24, 2.45) is 0 Å². The highest BCUT2D eigenvalue weighted by Crippen LogP contribution is 2.23. The van der Waals surface area contributed by atoms with E-state index in [9.17, 15) is 4.79 Å². The summed E-state index contributed by atoms with van der Waals surface area (Å²) in [6.45, 7) is 0.178. The Hall–Kier alpha value is -2.47. The molecule has 1 aromatic heterocycles. The van der Waals surface area contributed by atoms with Gasteiger partial charge in [-0.15, -0.1) is 0 Å². The summed E-state index contributed by atoms with van der Waals surface area (Å²) in [5, 5.41) is 0.459. The number of methoxy groups -OCH3 is 1. The van der Waals surface area contributed by atoms with Gasteiger partial charge in [0.1, 0.15) is 23.6 Å². The van der Waals surface area contributed by atoms with E-state index in [2.05, 4.69) is 4.98 Å². The molecule has 0 N–H and O–H groups in total. The molecule has 0 saturated carbocycles. The third-order valence-corrected chi connectivity index (χ3v) is 3.97. The molecule has 0 atom stereocenters. The SMILES string of the molecule is COc1ccccc1COC(=O)CSc1nc2ccccc2o1. The standard InChI is InChI=1S/C17H15NO4S/c1-20-14-8-4-2-6-12(14)10-21-16(19)11-23-17-18-13-7-3-5-9-15(13)22-17/h2-9H,10-11H2,1H3. The van der Waals surface area contributed by atoms with Crippen LogP contribution in [0.15, 0.2) is 58.2 Å². The maximum absolute atomic E-state index is 11.9. The topological polar surface area (TPSA) is 61.6 Å². The Balaban J connectivity index is 1.53. The molecule has 23 heavy (non-hydrogen) atoms. The Labute approximate surface area is 137 Å². The van der Waals surface area contributed by atoms with E-state index >= 15 is 0 Å². The van der Waals surface area contributed by atoms with Crippen molar-refractivity contribution in [3.63, 3.8) is 0 Å². The molecule has 0 aliphatic rings. The van der Waals surface area contributed by atoms with Gasteiger partial charge in [-0.2, -0.15) is 0 Å². The van der Waals surface area contributed by atoms with Gasteiger partial charge in [-0.05, 0) is 18.2 Å². The molecule has 0 aliphatic carbocycles. The zero-order valence-electron chi connectivity index (χ0n) is 12.5. The van der Waals surface area contributed by atoms with Gasteiger partial charge in [0, 0.05) is 5.56 Å². The fourth-order valence-electron chi connectivity index (χ4n) is 2.06. The van der Waals surface area contributed by atoms with Crippen LogP contribution in [0.4, 0.5) is 0 Å². The van der Waals surface area contributed by atoms with E-state index in [0.29, 0.717) is 16.6 Å². The number of nitrogens with zero attached hydrogens (tertiary/aromatic N) is 1. The maximum Gasteiger partial charge on any atom is 0.316 e. The monoisotopic (exact) mass is 329 g/mol. The molecule has 0 spiro atoms. The highest BCUT2D eigenvalue weighted by atomic mass is 32.2. The van der Waals surface area contributed by atoms with Gasteiger partial charge in [0.2, 0.25) is 0 Å². The van der Waals surface area contributed by atoms with Crippen LogP contribution in [-0.2, 0) is 16.1 Å². The first-order valence-corrected chi connectivity index (χ1v) is 8.00. The highest BCUT2D eigenvalue weighted by Gasteiger charge is 2.11. The van der Waals surface area contributed by atoms with Gasteiger partial charge in [-0.1, -0.05) is 42.1 Å². The van der Waals surface area contributed by atoms with Gasteiger partial charge in [0.15, 0.2) is 5.58 Å². The predicted octanol–water partition coefficient (Wildman–Crippen LogP) is 3.67. The predicted molar refractivity (Wildman–Crippen MR) is 87.5 cm³/mol. The third kappa shape index (κ3) is 3.84. The van der Waals surface area contributed by atoms with E-state index in [0.717, 1.165) is 11.1 Å². The average Bonchev–Trinajstić information content (AvgIpc) is 3.01. The van der Waals surface area contributed by atoms with E-state index < -0.39 is 0 Å².